The van der Waals surface area contributed by atoms with E-state index in [0.717, 1.165) is 5.56 Å². The van der Waals surface area contributed by atoms with Crippen LogP contribution in [0.4, 0.5) is 0 Å². The first-order valence-corrected chi connectivity index (χ1v) is 11.9. The molecule has 0 saturated carbocycles. The van der Waals surface area contributed by atoms with Crippen LogP contribution in [0.2, 0.25) is 15.1 Å². The van der Waals surface area contributed by atoms with Crippen LogP contribution in [0.5, 0.6) is 5.75 Å². The predicted molar refractivity (Wildman–Crippen MR) is 129 cm³/mol. The summed E-state index contributed by atoms with van der Waals surface area (Å²) in [4.78, 5) is 25.5. The second-order valence-electron chi connectivity index (χ2n) is 6.97. The summed E-state index contributed by atoms with van der Waals surface area (Å²) < 4.78 is 10.3. The number of thioether (sulfide) groups is 1. The zero-order valence-corrected chi connectivity index (χ0v) is 20.7. The standard InChI is InChI=1S/C23H19Cl3N2O4S/c1-3-32-18-7-5-12(8-17(18)26)19-15(10-27)22(28-21(29)20(19)23(30)31-2)33-11-13-4-6-14(24)9-16(13)25/h4-9,19-20H,3,11H2,1-2H3,(H,28,29)/t19-,20+/m0/s1. The first kappa shape index (κ1) is 25.3. The number of carbonyl (C=O) groups excluding carboxylic acids is 2. The minimum absolute atomic E-state index is 0.223. The Bertz CT molecular complexity index is 1160. The number of hydrogen-bond donors (Lipinski definition) is 1. The molecule has 1 heterocycles. The molecule has 1 amide bonds. The Morgan fingerprint density at radius 2 is 1.94 bits per heavy atom. The number of methoxy groups -OCH3 is 1. The van der Waals surface area contributed by atoms with Gasteiger partial charge in [-0.15, -0.1) is 11.8 Å². The third-order valence-electron chi connectivity index (χ3n) is 4.99. The summed E-state index contributed by atoms with van der Waals surface area (Å²) in [5, 5.41) is 14.3. The Labute approximate surface area is 210 Å². The van der Waals surface area contributed by atoms with Gasteiger partial charge in [0, 0.05) is 21.7 Å². The van der Waals surface area contributed by atoms with Crippen molar-refractivity contribution in [3.8, 4) is 11.8 Å². The summed E-state index contributed by atoms with van der Waals surface area (Å²) in [6.45, 7) is 2.25. The molecule has 0 aliphatic carbocycles. The average molecular weight is 526 g/mol. The lowest BCUT2D eigenvalue weighted by Gasteiger charge is -2.31. The van der Waals surface area contributed by atoms with Gasteiger partial charge in [0.25, 0.3) is 0 Å². The maximum atomic E-state index is 13.0. The molecule has 10 heteroatoms. The summed E-state index contributed by atoms with van der Waals surface area (Å²) in [6, 6.07) is 12.2. The van der Waals surface area contributed by atoms with Gasteiger partial charge >= 0.3 is 5.97 Å². The van der Waals surface area contributed by atoms with Gasteiger partial charge in [-0.1, -0.05) is 46.9 Å². The lowest BCUT2D eigenvalue weighted by atomic mass is 9.78. The van der Waals surface area contributed by atoms with E-state index in [9.17, 15) is 14.9 Å². The molecule has 1 aliphatic rings. The molecule has 2 aromatic rings. The zero-order chi connectivity index (χ0) is 24.1. The van der Waals surface area contributed by atoms with Crippen molar-refractivity contribution in [2.24, 2.45) is 5.92 Å². The number of hydrogen-bond acceptors (Lipinski definition) is 6. The van der Waals surface area contributed by atoms with Crippen LogP contribution >= 0.6 is 46.6 Å². The highest BCUT2D eigenvalue weighted by atomic mass is 35.5. The maximum absolute atomic E-state index is 13.0. The highest BCUT2D eigenvalue weighted by molar-refractivity contribution is 8.02. The van der Waals surface area contributed by atoms with Crippen molar-refractivity contribution in [3.05, 3.63) is 73.2 Å². The molecule has 2 atom stereocenters. The number of rotatable bonds is 7. The smallest absolute Gasteiger partial charge is 0.319 e. The molecule has 0 saturated heterocycles. The van der Waals surface area contributed by atoms with Crippen molar-refractivity contribution in [2.45, 2.75) is 18.6 Å². The fourth-order valence-electron chi connectivity index (χ4n) is 3.45. The highest BCUT2D eigenvalue weighted by Gasteiger charge is 2.44. The number of allylic oxidation sites excluding steroid dienone is 1. The Hall–Kier alpha value is -2.37. The van der Waals surface area contributed by atoms with Crippen LogP contribution in [0.25, 0.3) is 0 Å². The maximum Gasteiger partial charge on any atom is 0.319 e. The van der Waals surface area contributed by atoms with E-state index in [-0.39, 0.29) is 5.57 Å². The highest BCUT2D eigenvalue weighted by Crippen LogP contribution is 2.42. The third-order valence-corrected chi connectivity index (χ3v) is 6.93. The zero-order valence-electron chi connectivity index (χ0n) is 17.7. The quantitative estimate of drug-likeness (QED) is 0.368. The summed E-state index contributed by atoms with van der Waals surface area (Å²) in [5.41, 5.74) is 1.52. The van der Waals surface area contributed by atoms with Crippen LogP contribution in [-0.2, 0) is 20.1 Å². The first-order valence-electron chi connectivity index (χ1n) is 9.82. The molecule has 0 fully saturated rings. The molecule has 172 valence electrons. The van der Waals surface area contributed by atoms with E-state index in [1.807, 2.05) is 6.92 Å². The van der Waals surface area contributed by atoms with E-state index >= 15 is 0 Å². The van der Waals surface area contributed by atoms with Crippen molar-refractivity contribution in [2.75, 3.05) is 13.7 Å². The molecule has 0 spiro atoms. The van der Waals surface area contributed by atoms with E-state index in [2.05, 4.69) is 11.4 Å². The summed E-state index contributed by atoms with van der Waals surface area (Å²) in [5.74, 6) is -2.61. The van der Waals surface area contributed by atoms with Crippen molar-refractivity contribution in [1.82, 2.24) is 5.32 Å². The molecular formula is C23H19Cl3N2O4S. The molecule has 2 aromatic carbocycles. The number of nitriles is 1. The Kier molecular flexibility index (Phi) is 8.55. The van der Waals surface area contributed by atoms with Crippen LogP contribution in [0, 0.1) is 17.2 Å². The largest absolute Gasteiger partial charge is 0.492 e. The molecule has 6 nitrogen and oxygen atoms in total. The molecule has 1 N–H and O–H groups in total. The SMILES string of the molecule is CCOc1ccc([C@H]2C(C#N)=C(SCc3ccc(Cl)cc3Cl)NC(=O)[C@@H]2C(=O)OC)cc1Cl. The second-order valence-corrected chi connectivity index (χ2v) is 9.21. The molecule has 0 unspecified atom stereocenters. The van der Waals surface area contributed by atoms with Gasteiger partial charge < -0.3 is 14.8 Å². The van der Waals surface area contributed by atoms with Gasteiger partial charge in [-0.25, -0.2) is 0 Å². The number of esters is 1. The van der Waals surface area contributed by atoms with E-state index < -0.39 is 23.7 Å². The van der Waals surface area contributed by atoms with Crippen molar-refractivity contribution < 1.29 is 19.1 Å². The minimum atomic E-state index is -1.25. The second kappa shape index (κ2) is 11.2. The van der Waals surface area contributed by atoms with Crippen LogP contribution in [0.3, 0.4) is 0 Å². The van der Waals surface area contributed by atoms with Gasteiger partial charge in [0.15, 0.2) is 0 Å². The third kappa shape index (κ3) is 5.59. The number of ether oxygens (including phenoxy) is 2. The molecule has 3 rings (SSSR count). The van der Waals surface area contributed by atoms with Crippen LogP contribution < -0.4 is 10.1 Å². The van der Waals surface area contributed by atoms with Crippen LogP contribution in [-0.4, -0.2) is 25.6 Å². The van der Waals surface area contributed by atoms with Crippen molar-refractivity contribution >= 4 is 58.4 Å². The predicted octanol–water partition coefficient (Wildman–Crippen LogP) is 5.72. The molecule has 1 aliphatic heterocycles. The number of nitrogens with zero attached hydrogens (tertiary/aromatic N) is 1. The number of amides is 1. The monoisotopic (exact) mass is 524 g/mol. The van der Waals surface area contributed by atoms with E-state index in [1.165, 1.54) is 18.9 Å². The summed E-state index contributed by atoms with van der Waals surface area (Å²) in [6.07, 6.45) is 0. The minimum Gasteiger partial charge on any atom is -0.492 e. The lowest BCUT2D eigenvalue weighted by molar-refractivity contribution is -0.150. The van der Waals surface area contributed by atoms with Gasteiger partial charge in [-0.3, -0.25) is 9.59 Å². The molecule has 33 heavy (non-hydrogen) atoms. The normalized spacial score (nSPS) is 17.9. The number of carbonyl (C=O) groups is 2. The summed E-state index contributed by atoms with van der Waals surface area (Å²) in [7, 11) is 1.19. The first-order chi connectivity index (χ1) is 15.8. The van der Waals surface area contributed by atoms with Crippen molar-refractivity contribution in [3.63, 3.8) is 0 Å². The Balaban J connectivity index is 2.04. The van der Waals surface area contributed by atoms with Gasteiger partial charge in [0.2, 0.25) is 5.91 Å². The Morgan fingerprint density at radius 3 is 2.55 bits per heavy atom. The van der Waals surface area contributed by atoms with Crippen LogP contribution in [0.1, 0.15) is 24.0 Å². The average Bonchev–Trinajstić information content (AvgIpc) is 2.79. The van der Waals surface area contributed by atoms with Gasteiger partial charge in [0.1, 0.15) is 11.7 Å². The lowest BCUT2D eigenvalue weighted by Crippen LogP contribution is -2.44. The van der Waals surface area contributed by atoms with Crippen molar-refractivity contribution in [1.29, 1.82) is 5.26 Å². The molecule has 0 bridgehead atoms. The van der Waals surface area contributed by atoms with E-state index in [4.69, 9.17) is 44.3 Å². The molecule has 0 radical (unpaired) electrons. The molecular weight excluding hydrogens is 507 g/mol. The number of nitrogens with one attached hydrogen (secondary N) is 1. The fourth-order valence-corrected chi connectivity index (χ4v) is 5.30. The van der Waals surface area contributed by atoms with E-state index in [0.29, 0.717) is 43.8 Å². The Morgan fingerprint density at radius 1 is 1.18 bits per heavy atom. The number of halogens is 3. The van der Waals surface area contributed by atoms with Crippen LogP contribution in [0.15, 0.2) is 47.0 Å². The topological polar surface area (TPSA) is 88.4 Å². The molecule has 0 aromatic heterocycles. The number of benzene rings is 2. The van der Waals surface area contributed by atoms with Gasteiger partial charge in [-0.05, 0) is 42.3 Å². The van der Waals surface area contributed by atoms with E-state index in [1.54, 1.807) is 36.4 Å². The van der Waals surface area contributed by atoms with Gasteiger partial charge in [0.05, 0.1) is 35.4 Å². The van der Waals surface area contributed by atoms with Gasteiger partial charge in [-0.2, -0.15) is 5.26 Å². The summed E-state index contributed by atoms with van der Waals surface area (Å²) >= 11 is 19.8. The fraction of sp³-hybridized carbons (Fsp3) is 0.261.